The number of hydrogen-bond acceptors (Lipinski definition) is 7. The maximum absolute atomic E-state index is 13.2. The minimum absolute atomic E-state index is 0.291. The average molecular weight is 399 g/mol. The molecule has 136 valence electrons. The highest BCUT2D eigenvalue weighted by atomic mass is 32.2. The number of nitrogens with zero attached hydrogens (tertiary/aromatic N) is 5. The third-order valence-electron chi connectivity index (χ3n) is 3.70. The first-order valence-electron chi connectivity index (χ1n) is 8.02. The van der Waals surface area contributed by atoms with Crippen LogP contribution in [-0.4, -0.2) is 24.9 Å². The maximum Gasteiger partial charge on any atom is 0.237 e. The molecule has 0 aliphatic carbocycles. The van der Waals surface area contributed by atoms with E-state index in [2.05, 4.69) is 26.9 Å². The summed E-state index contributed by atoms with van der Waals surface area (Å²) in [4.78, 5) is 4.41. The minimum atomic E-state index is -0.291. The van der Waals surface area contributed by atoms with E-state index in [1.54, 1.807) is 29.5 Å². The Morgan fingerprint density at radius 1 is 1.19 bits per heavy atom. The molecule has 4 aromatic rings. The Bertz CT molecular complexity index is 1040. The summed E-state index contributed by atoms with van der Waals surface area (Å²) in [6.45, 7) is 4.32. The van der Waals surface area contributed by atoms with E-state index in [9.17, 15) is 4.39 Å². The van der Waals surface area contributed by atoms with Crippen LogP contribution in [0.25, 0.3) is 22.8 Å². The topological polar surface area (TPSA) is 69.6 Å². The molecule has 9 heteroatoms. The Hall–Kier alpha value is -2.78. The molecule has 0 saturated heterocycles. The second kappa shape index (κ2) is 7.85. The number of benzene rings is 1. The fourth-order valence-corrected chi connectivity index (χ4v) is 3.87. The molecule has 3 heterocycles. The van der Waals surface area contributed by atoms with E-state index in [1.165, 1.54) is 23.9 Å². The molecule has 3 aromatic heterocycles. The minimum Gasteiger partial charge on any atom is -0.338 e. The van der Waals surface area contributed by atoms with E-state index in [-0.39, 0.29) is 5.82 Å². The van der Waals surface area contributed by atoms with Gasteiger partial charge in [0.25, 0.3) is 0 Å². The number of halogens is 1. The van der Waals surface area contributed by atoms with Crippen molar-refractivity contribution in [2.24, 2.45) is 0 Å². The van der Waals surface area contributed by atoms with Gasteiger partial charge in [0.1, 0.15) is 5.82 Å². The molecular formula is C18H14FN5OS2. The highest BCUT2D eigenvalue weighted by Crippen LogP contribution is 2.27. The second-order valence-corrected chi connectivity index (χ2v) is 7.25. The van der Waals surface area contributed by atoms with Crippen LogP contribution < -0.4 is 0 Å². The molecule has 0 saturated carbocycles. The van der Waals surface area contributed by atoms with Gasteiger partial charge in [-0.2, -0.15) is 16.3 Å². The van der Waals surface area contributed by atoms with E-state index in [1.807, 2.05) is 21.4 Å². The summed E-state index contributed by atoms with van der Waals surface area (Å²) < 4.78 is 20.4. The van der Waals surface area contributed by atoms with Crippen molar-refractivity contribution in [1.82, 2.24) is 24.9 Å². The first-order chi connectivity index (χ1) is 13.2. The lowest BCUT2D eigenvalue weighted by Gasteiger charge is -2.07. The molecule has 0 N–H and O–H groups in total. The van der Waals surface area contributed by atoms with Crippen molar-refractivity contribution in [2.75, 3.05) is 0 Å². The van der Waals surface area contributed by atoms with Gasteiger partial charge in [-0.25, -0.2) is 4.39 Å². The molecule has 0 radical (unpaired) electrons. The standard InChI is InChI=1S/C18H14FN5OS2/c1-2-8-24-17(12-3-5-14(19)6-4-12)21-22-18(24)27-11-15-20-16(23-25-15)13-7-9-26-10-13/h2-7,9-10H,1,8,11H2. The van der Waals surface area contributed by atoms with E-state index >= 15 is 0 Å². The molecule has 0 atom stereocenters. The maximum atomic E-state index is 13.2. The SMILES string of the molecule is C=CCn1c(SCc2nc(-c3ccsc3)no2)nnc1-c1ccc(F)cc1. The zero-order valence-corrected chi connectivity index (χ0v) is 15.7. The fraction of sp³-hybridized carbons (Fsp3) is 0.111. The molecule has 27 heavy (non-hydrogen) atoms. The Labute approximate surface area is 162 Å². The summed E-state index contributed by atoms with van der Waals surface area (Å²) in [7, 11) is 0. The Kier molecular flexibility index (Phi) is 5.12. The summed E-state index contributed by atoms with van der Waals surface area (Å²) in [5, 5.41) is 17.1. The lowest BCUT2D eigenvalue weighted by atomic mass is 10.2. The van der Waals surface area contributed by atoms with Crippen molar-refractivity contribution < 1.29 is 8.91 Å². The van der Waals surface area contributed by atoms with Gasteiger partial charge in [0.2, 0.25) is 11.7 Å². The number of thioether (sulfide) groups is 1. The number of hydrogen-bond donors (Lipinski definition) is 0. The molecule has 4 rings (SSSR count). The number of allylic oxidation sites excluding steroid dienone is 1. The van der Waals surface area contributed by atoms with Gasteiger partial charge in [0.15, 0.2) is 11.0 Å². The third-order valence-corrected chi connectivity index (χ3v) is 5.34. The molecule has 0 spiro atoms. The lowest BCUT2D eigenvalue weighted by molar-refractivity contribution is 0.391. The Morgan fingerprint density at radius 3 is 2.78 bits per heavy atom. The summed E-state index contributed by atoms with van der Waals surface area (Å²) in [6, 6.07) is 8.11. The second-order valence-electron chi connectivity index (χ2n) is 5.52. The number of rotatable bonds is 7. The van der Waals surface area contributed by atoms with Crippen molar-refractivity contribution in [3.05, 3.63) is 65.5 Å². The van der Waals surface area contributed by atoms with Crippen LogP contribution in [0.1, 0.15) is 5.89 Å². The molecule has 0 aliphatic rings. The largest absolute Gasteiger partial charge is 0.338 e. The molecular weight excluding hydrogens is 385 g/mol. The van der Waals surface area contributed by atoms with Gasteiger partial charge in [-0.1, -0.05) is 23.0 Å². The van der Waals surface area contributed by atoms with Crippen molar-refractivity contribution in [3.63, 3.8) is 0 Å². The first-order valence-corrected chi connectivity index (χ1v) is 9.95. The van der Waals surface area contributed by atoms with Crippen molar-refractivity contribution in [2.45, 2.75) is 17.5 Å². The van der Waals surface area contributed by atoms with Crippen LogP contribution in [0.2, 0.25) is 0 Å². The van der Waals surface area contributed by atoms with Crippen LogP contribution in [0.3, 0.4) is 0 Å². The summed E-state index contributed by atoms with van der Waals surface area (Å²) in [5.41, 5.74) is 1.73. The van der Waals surface area contributed by atoms with Gasteiger partial charge in [-0.15, -0.1) is 16.8 Å². The van der Waals surface area contributed by atoms with Crippen LogP contribution in [0.15, 0.2) is 63.4 Å². The lowest BCUT2D eigenvalue weighted by Crippen LogP contribution is -2.00. The van der Waals surface area contributed by atoms with Gasteiger partial charge in [-0.3, -0.25) is 4.57 Å². The fourth-order valence-electron chi connectivity index (χ4n) is 2.45. The highest BCUT2D eigenvalue weighted by molar-refractivity contribution is 7.98. The zero-order chi connectivity index (χ0) is 18.6. The monoisotopic (exact) mass is 399 g/mol. The molecule has 0 unspecified atom stereocenters. The number of aromatic nitrogens is 5. The van der Waals surface area contributed by atoms with Crippen molar-refractivity contribution >= 4 is 23.1 Å². The van der Waals surface area contributed by atoms with E-state index in [0.29, 0.717) is 35.0 Å². The number of thiophene rings is 1. The Morgan fingerprint density at radius 2 is 2.04 bits per heavy atom. The van der Waals surface area contributed by atoms with E-state index in [0.717, 1.165) is 11.1 Å². The zero-order valence-electron chi connectivity index (χ0n) is 14.1. The molecule has 0 fully saturated rings. The summed E-state index contributed by atoms with van der Waals surface area (Å²) in [6.07, 6.45) is 1.77. The molecule has 0 amide bonds. The third kappa shape index (κ3) is 3.83. The summed E-state index contributed by atoms with van der Waals surface area (Å²) >= 11 is 3.02. The predicted octanol–water partition coefficient (Wildman–Crippen LogP) is 4.67. The van der Waals surface area contributed by atoms with Gasteiger partial charge < -0.3 is 4.52 Å². The van der Waals surface area contributed by atoms with Crippen LogP contribution in [0.5, 0.6) is 0 Å². The van der Waals surface area contributed by atoms with Crippen molar-refractivity contribution in [3.8, 4) is 22.8 Å². The van der Waals surface area contributed by atoms with Crippen LogP contribution in [0.4, 0.5) is 4.39 Å². The molecule has 6 nitrogen and oxygen atoms in total. The smallest absolute Gasteiger partial charge is 0.237 e. The van der Waals surface area contributed by atoms with Gasteiger partial charge in [0, 0.05) is 23.1 Å². The van der Waals surface area contributed by atoms with E-state index < -0.39 is 0 Å². The van der Waals surface area contributed by atoms with E-state index in [4.69, 9.17) is 4.52 Å². The average Bonchev–Trinajstić information content (AvgIpc) is 3.42. The molecule has 1 aromatic carbocycles. The van der Waals surface area contributed by atoms with Crippen LogP contribution >= 0.6 is 23.1 Å². The first kappa shape index (κ1) is 17.6. The predicted molar refractivity (Wildman–Crippen MR) is 103 cm³/mol. The quantitative estimate of drug-likeness (QED) is 0.332. The van der Waals surface area contributed by atoms with Crippen LogP contribution in [-0.2, 0) is 12.3 Å². The van der Waals surface area contributed by atoms with Crippen molar-refractivity contribution in [1.29, 1.82) is 0 Å². The molecule has 0 aliphatic heterocycles. The Balaban J connectivity index is 1.53. The molecule has 0 bridgehead atoms. The van der Waals surface area contributed by atoms with Crippen LogP contribution in [0, 0.1) is 5.82 Å². The highest BCUT2D eigenvalue weighted by Gasteiger charge is 2.16. The normalized spacial score (nSPS) is 11.0. The van der Waals surface area contributed by atoms with Gasteiger partial charge in [-0.05, 0) is 35.7 Å². The summed E-state index contributed by atoms with van der Waals surface area (Å²) in [5.74, 6) is 1.92. The van der Waals surface area contributed by atoms with Gasteiger partial charge >= 0.3 is 0 Å². The van der Waals surface area contributed by atoms with Gasteiger partial charge in [0.05, 0.1) is 5.75 Å².